The van der Waals surface area contributed by atoms with Gasteiger partial charge in [0.1, 0.15) is 20.1 Å². The molecule has 0 aromatic carbocycles. The molecule has 1 fully saturated rings. The van der Waals surface area contributed by atoms with Gasteiger partial charge < -0.3 is 19.7 Å². The number of hydrogen-bond donors (Lipinski definition) is 2. The van der Waals surface area contributed by atoms with E-state index in [1.807, 2.05) is 12.2 Å². The second-order valence-corrected chi connectivity index (χ2v) is 10.5. The Bertz CT molecular complexity index is 1790. The fourth-order valence-electron chi connectivity index (χ4n) is 3.41. The van der Waals surface area contributed by atoms with Crippen LogP contribution in [0.4, 0.5) is 0 Å². The van der Waals surface area contributed by atoms with Crippen LogP contribution in [-0.4, -0.2) is 63.3 Å². The Balaban J connectivity index is 2.33. The third-order valence-electron chi connectivity index (χ3n) is 5.38. The van der Waals surface area contributed by atoms with Crippen LogP contribution in [0.3, 0.4) is 0 Å². The summed E-state index contributed by atoms with van der Waals surface area (Å²) in [7, 11) is 4.49. The minimum Gasteiger partial charge on any atom is -0.382 e. The van der Waals surface area contributed by atoms with E-state index in [2.05, 4.69) is 128 Å². The van der Waals surface area contributed by atoms with E-state index >= 15 is 0 Å². The number of rotatable bonds is 12. The molecule has 0 aromatic rings. The molecule has 0 aliphatic carbocycles. The van der Waals surface area contributed by atoms with E-state index in [9.17, 15) is 9.46 Å². The Hall–Kier alpha value is -4.68. The van der Waals surface area contributed by atoms with Crippen LogP contribution in [0.1, 0.15) is 32.6 Å². The van der Waals surface area contributed by atoms with Crippen LogP contribution in [0.2, 0.25) is 0 Å². The molecule has 2 radical (unpaired) electrons. The van der Waals surface area contributed by atoms with E-state index in [4.69, 9.17) is 34.1 Å². The van der Waals surface area contributed by atoms with Gasteiger partial charge in [-0.3, -0.25) is 9.05 Å². The van der Waals surface area contributed by atoms with Crippen molar-refractivity contribution in [2.24, 2.45) is 5.92 Å². The number of unbranched alkanes of at least 4 members (excludes halogenated alkanes) is 2. The SMILES string of the molecule is [B][C@@H]1O[C@H](COC)C(OP(=O)(O)OC)[C@@H]1C/C=C/CCCCNC(=S)C#CC#CC#CC#CC#CC#CC#CC#CC#CC#CC. The van der Waals surface area contributed by atoms with Crippen LogP contribution < -0.4 is 5.32 Å². The fourth-order valence-corrected chi connectivity index (χ4v) is 4.25. The number of methoxy groups -OCH3 is 1. The van der Waals surface area contributed by atoms with Crippen molar-refractivity contribution in [1.29, 1.82) is 0 Å². The van der Waals surface area contributed by atoms with Crippen molar-refractivity contribution in [3.05, 3.63) is 12.2 Å². The van der Waals surface area contributed by atoms with Gasteiger partial charge in [0.05, 0.1) is 6.61 Å². The Morgan fingerprint density at radius 3 is 1.89 bits per heavy atom. The molecule has 0 amide bonds. The molecular formula is C36H29BNO6PS. The lowest BCUT2D eigenvalue weighted by atomic mass is 9.82. The smallest absolute Gasteiger partial charge is 0.382 e. The van der Waals surface area contributed by atoms with Gasteiger partial charge in [0.15, 0.2) is 4.99 Å². The molecule has 0 saturated carbocycles. The van der Waals surface area contributed by atoms with E-state index in [-0.39, 0.29) is 12.5 Å². The van der Waals surface area contributed by atoms with Crippen LogP contribution in [0, 0.1) is 124 Å². The second-order valence-electron chi connectivity index (χ2n) is 8.56. The van der Waals surface area contributed by atoms with E-state index in [1.165, 1.54) is 7.11 Å². The number of hydrogen-bond acceptors (Lipinski definition) is 6. The van der Waals surface area contributed by atoms with E-state index < -0.39 is 26.0 Å². The summed E-state index contributed by atoms with van der Waals surface area (Å²) < 4.78 is 32.7. The van der Waals surface area contributed by atoms with E-state index in [0.717, 1.165) is 26.4 Å². The van der Waals surface area contributed by atoms with Gasteiger partial charge in [-0.2, -0.15) is 0 Å². The Morgan fingerprint density at radius 2 is 1.39 bits per heavy atom. The van der Waals surface area contributed by atoms with Crippen molar-refractivity contribution in [2.75, 3.05) is 27.4 Å². The highest BCUT2D eigenvalue weighted by atomic mass is 32.1. The van der Waals surface area contributed by atoms with Gasteiger partial charge in [-0.15, -0.1) is 0 Å². The van der Waals surface area contributed by atoms with Gasteiger partial charge >= 0.3 is 7.82 Å². The summed E-state index contributed by atoms with van der Waals surface area (Å²) in [5.74, 6) is 50.7. The lowest BCUT2D eigenvalue weighted by Crippen LogP contribution is -2.32. The zero-order valence-electron chi connectivity index (χ0n) is 25.6. The average molecular weight is 645 g/mol. The van der Waals surface area contributed by atoms with E-state index in [1.54, 1.807) is 6.92 Å². The molecule has 1 rings (SSSR count). The average Bonchev–Trinajstić information content (AvgIpc) is 3.31. The fraction of sp³-hybridized carbons (Fsp3) is 0.361. The molecule has 46 heavy (non-hydrogen) atoms. The molecule has 1 aliphatic heterocycles. The maximum absolute atomic E-state index is 12.0. The van der Waals surface area contributed by atoms with Crippen molar-refractivity contribution in [3.63, 3.8) is 0 Å². The minimum absolute atomic E-state index is 0.175. The van der Waals surface area contributed by atoms with Crippen molar-refractivity contribution in [1.82, 2.24) is 5.32 Å². The Kier molecular flexibility index (Phi) is 21.9. The van der Waals surface area contributed by atoms with Gasteiger partial charge in [-0.05, 0) is 133 Å². The van der Waals surface area contributed by atoms with Crippen molar-refractivity contribution in [3.8, 4) is 118 Å². The highest BCUT2D eigenvalue weighted by molar-refractivity contribution is 7.80. The molecular weight excluding hydrogens is 616 g/mol. The molecule has 10 heteroatoms. The topological polar surface area (TPSA) is 86.3 Å². The predicted molar refractivity (Wildman–Crippen MR) is 183 cm³/mol. The van der Waals surface area contributed by atoms with Gasteiger partial charge in [0, 0.05) is 44.5 Å². The van der Waals surface area contributed by atoms with Crippen molar-refractivity contribution >= 4 is 32.9 Å². The molecule has 0 spiro atoms. The monoisotopic (exact) mass is 645 g/mol. The van der Waals surface area contributed by atoms with Gasteiger partial charge in [-0.25, -0.2) is 4.57 Å². The van der Waals surface area contributed by atoms with Crippen molar-refractivity contribution in [2.45, 2.75) is 50.8 Å². The third-order valence-corrected chi connectivity index (χ3v) is 6.60. The summed E-state index contributed by atoms with van der Waals surface area (Å²) in [4.78, 5) is 10.2. The summed E-state index contributed by atoms with van der Waals surface area (Å²) in [6.45, 7) is 2.53. The maximum atomic E-state index is 12.0. The molecule has 228 valence electrons. The number of phosphoric ester groups is 1. The normalized spacial score (nSPS) is 17.7. The molecule has 0 bridgehead atoms. The van der Waals surface area contributed by atoms with Crippen LogP contribution in [-0.2, 0) is 23.1 Å². The number of thiocarbonyl (C=S) groups is 1. The first-order chi connectivity index (χ1) is 22.3. The highest BCUT2D eigenvalue weighted by Crippen LogP contribution is 2.48. The van der Waals surface area contributed by atoms with E-state index in [0.29, 0.717) is 18.0 Å². The van der Waals surface area contributed by atoms with Gasteiger partial charge in [-0.1, -0.05) is 30.3 Å². The third kappa shape index (κ3) is 19.6. The minimum atomic E-state index is -4.22. The summed E-state index contributed by atoms with van der Waals surface area (Å²) in [6.07, 6.45) is 5.80. The maximum Gasteiger partial charge on any atom is 0.472 e. The first-order valence-corrected chi connectivity index (χ1v) is 15.6. The molecule has 2 N–H and O–H groups in total. The zero-order chi connectivity index (χ0) is 33.7. The molecule has 1 saturated heterocycles. The summed E-state index contributed by atoms with van der Waals surface area (Å²) in [5.41, 5.74) is 0. The lowest BCUT2D eigenvalue weighted by molar-refractivity contribution is -0.0192. The highest BCUT2D eigenvalue weighted by Gasteiger charge is 2.45. The molecule has 1 heterocycles. The Morgan fingerprint density at radius 1 is 0.870 bits per heavy atom. The van der Waals surface area contributed by atoms with Crippen LogP contribution in [0.15, 0.2) is 12.2 Å². The van der Waals surface area contributed by atoms with Crippen molar-refractivity contribution < 1.29 is 28.0 Å². The van der Waals surface area contributed by atoms with Crippen LogP contribution in [0.5, 0.6) is 0 Å². The van der Waals surface area contributed by atoms with Crippen LogP contribution >= 0.6 is 20.0 Å². The first-order valence-electron chi connectivity index (χ1n) is 13.7. The summed E-state index contributed by atoms with van der Waals surface area (Å²) >= 11 is 5.18. The zero-order valence-corrected chi connectivity index (χ0v) is 27.3. The molecule has 2 unspecified atom stereocenters. The van der Waals surface area contributed by atoms with Gasteiger partial charge in [0.2, 0.25) is 0 Å². The number of phosphoric acid groups is 1. The largest absolute Gasteiger partial charge is 0.472 e. The molecule has 0 aromatic heterocycles. The standard InChI is InChI=1S/C36H29BNO6PS/c1-4-5-6-7-8-9-10-11-12-13-14-15-16-17-18-19-20-23-26-29-34(46)38-30-27-24-21-22-25-28-32-35(44-45(39,40)42-3)33(31-41-2)43-36(32)37/h22,25,32-33,35-36H,21,24,27-28,30-31H2,1-3H3,(H,38,46)(H,39,40)/b25-22+/t32-,33+,35?,36+/m0/s1. The Labute approximate surface area is 280 Å². The molecule has 7 nitrogen and oxygen atoms in total. The number of ether oxygens (including phenoxy) is 2. The second kappa shape index (κ2) is 25.6. The quantitative estimate of drug-likeness (QED) is 0.0837. The summed E-state index contributed by atoms with van der Waals surface area (Å²) in [6, 6.07) is -0.661. The number of allylic oxidation sites excluding steroid dienone is 2. The lowest BCUT2D eigenvalue weighted by Gasteiger charge is -2.24. The molecule has 1 aliphatic rings. The number of nitrogens with one attached hydrogen (secondary N) is 1. The summed E-state index contributed by atoms with van der Waals surface area (Å²) in [5, 5.41) is 3.07. The van der Waals surface area contributed by atoms with Crippen LogP contribution in [0.25, 0.3) is 0 Å². The van der Waals surface area contributed by atoms with Gasteiger partial charge in [0.25, 0.3) is 0 Å². The predicted octanol–water partition coefficient (Wildman–Crippen LogP) is 2.36. The molecule has 5 atom stereocenters. The first kappa shape index (κ1) is 39.3.